The van der Waals surface area contributed by atoms with Gasteiger partial charge in [0.15, 0.2) is 5.15 Å². The zero-order valence-corrected chi connectivity index (χ0v) is 19.7. The molecule has 0 saturated carbocycles. The van der Waals surface area contributed by atoms with Crippen molar-refractivity contribution in [2.75, 3.05) is 12.4 Å². The average Bonchev–Trinajstić information content (AvgIpc) is 3.14. The lowest BCUT2D eigenvalue weighted by atomic mass is 10.1. The number of fused-ring (bicyclic) bond motifs is 1. The topological polar surface area (TPSA) is 76.0 Å². The molecule has 0 bridgehead atoms. The maximum atomic E-state index is 13.4. The minimum atomic E-state index is -4.67. The van der Waals surface area contributed by atoms with Crippen molar-refractivity contribution in [1.29, 1.82) is 0 Å². The molecular weight excluding hydrogens is 489 g/mol. The van der Waals surface area contributed by atoms with Gasteiger partial charge in [0.05, 0.1) is 21.7 Å². The quantitative estimate of drug-likeness (QED) is 0.326. The van der Waals surface area contributed by atoms with Crippen LogP contribution >= 0.6 is 11.6 Å². The summed E-state index contributed by atoms with van der Waals surface area (Å²) in [4.78, 5) is 3.73. The summed E-state index contributed by atoms with van der Waals surface area (Å²) in [5.74, 6) is 0. The molecule has 0 radical (unpaired) electrons. The predicted molar refractivity (Wildman–Crippen MR) is 126 cm³/mol. The summed E-state index contributed by atoms with van der Waals surface area (Å²) in [6.07, 6.45) is -3.25. The molecule has 2 N–H and O–H groups in total. The molecule has 2 aromatic heterocycles. The number of nitrogens with zero attached hydrogens (tertiary/aromatic N) is 2. The number of halogens is 4. The van der Waals surface area contributed by atoms with Gasteiger partial charge in [0.2, 0.25) is 0 Å². The van der Waals surface area contributed by atoms with Crippen LogP contribution in [0.3, 0.4) is 0 Å². The Kier molecular flexibility index (Phi) is 6.32. The van der Waals surface area contributed by atoms with Crippen LogP contribution in [0.4, 0.5) is 24.5 Å². The number of aromatic nitrogens is 2. The van der Waals surface area contributed by atoms with Crippen LogP contribution in [0, 0.1) is 6.92 Å². The fourth-order valence-electron chi connectivity index (χ4n) is 3.59. The number of rotatable bonds is 6. The van der Waals surface area contributed by atoms with E-state index in [0.717, 1.165) is 27.9 Å². The Bertz CT molecular complexity index is 1480. The van der Waals surface area contributed by atoms with Crippen molar-refractivity contribution < 1.29 is 21.6 Å². The highest BCUT2D eigenvalue weighted by atomic mass is 35.5. The largest absolute Gasteiger partial charge is 0.416 e. The minimum Gasteiger partial charge on any atom is -0.353 e. The molecule has 178 valence electrons. The van der Waals surface area contributed by atoms with Crippen molar-refractivity contribution in [2.24, 2.45) is 0 Å². The lowest BCUT2D eigenvalue weighted by Gasteiger charge is -2.12. The summed E-state index contributed by atoms with van der Waals surface area (Å²) < 4.78 is 67.5. The van der Waals surface area contributed by atoms with Gasteiger partial charge >= 0.3 is 6.18 Å². The van der Waals surface area contributed by atoms with Crippen molar-refractivity contribution >= 4 is 43.9 Å². The van der Waals surface area contributed by atoms with E-state index >= 15 is 0 Å². The first-order chi connectivity index (χ1) is 16.0. The number of benzene rings is 2. The number of hydrogen-bond acceptors (Lipinski definition) is 5. The molecule has 0 spiro atoms. The van der Waals surface area contributed by atoms with Crippen LogP contribution in [0.25, 0.3) is 10.9 Å². The van der Waals surface area contributed by atoms with Crippen LogP contribution in [0.15, 0.2) is 65.7 Å². The van der Waals surface area contributed by atoms with Gasteiger partial charge in [0.25, 0.3) is 10.0 Å². The zero-order valence-electron chi connectivity index (χ0n) is 18.1. The van der Waals surface area contributed by atoms with Crippen molar-refractivity contribution in [3.05, 3.63) is 82.8 Å². The molecule has 0 aliphatic rings. The molecule has 0 aliphatic heterocycles. The van der Waals surface area contributed by atoms with Gasteiger partial charge in [-0.3, -0.25) is 0 Å². The van der Waals surface area contributed by atoms with Crippen LogP contribution in [-0.2, 0) is 22.7 Å². The highest BCUT2D eigenvalue weighted by molar-refractivity contribution is 7.90. The van der Waals surface area contributed by atoms with Crippen molar-refractivity contribution in [3.63, 3.8) is 0 Å². The van der Waals surface area contributed by atoms with Gasteiger partial charge in [-0.2, -0.15) is 13.2 Å². The molecule has 2 aromatic carbocycles. The maximum absolute atomic E-state index is 13.4. The number of nitrogens with one attached hydrogen (secondary N) is 2. The minimum absolute atomic E-state index is 0.253. The predicted octanol–water partition coefficient (Wildman–Crippen LogP) is 5.72. The van der Waals surface area contributed by atoms with E-state index in [-0.39, 0.29) is 5.15 Å². The second-order valence-corrected chi connectivity index (χ2v) is 9.83. The first-order valence-corrected chi connectivity index (χ1v) is 11.9. The van der Waals surface area contributed by atoms with Crippen molar-refractivity contribution in [2.45, 2.75) is 24.5 Å². The fraction of sp³-hybridized carbons (Fsp3) is 0.174. The Labute approximate surface area is 199 Å². The zero-order chi connectivity index (χ0) is 24.7. The van der Waals surface area contributed by atoms with E-state index in [2.05, 4.69) is 15.6 Å². The third-order valence-corrected chi connectivity index (χ3v) is 7.16. The summed E-state index contributed by atoms with van der Waals surface area (Å²) in [6.45, 7) is 2.17. The average molecular weight is 509 g/mol. The molecule has 6 nitrogen and oxygen atoms in total. The fourth-order valence-corrected chi connectivity index (χ4v) is 5.27. The standard InChI is InChI=1S/C23H20ClF3N4O2S/c1-14-6-9-20(22(24)29-14)30-17-7-8-19-15(12-28-2)13-31(21(19)11-17)34(32,33)18-5-3-4-16(10-18)23(25,26)27/h3-11,13,28,30H,12H2,1-2H3. The van der Waals surface area contributed by atoms with E-state index in [4.69, 9.17) is 11.6 Å². The highest BCUT2D eigenvalue weighted by Gasteiger charge is 2.32. The van der Waals surface area contributed by atoms with Crippen LogP contribution < -0.4 is 10.6 Å². The third kappa shape index (κ3) is 4.61. The molecule has 4 aromatic rings. The van der Waals surface area contributed by atoms with Gasteiger partial charge < -0.3 is 10.6 Å². The Balaban J connectivity index is 1.85. The number of aryl methyl sites for hydroxylation is 1. The summed E-state index contributed by atoms with van der Waals surface area (Å²) >= 11 is 6.20. The SMILES string of the molecule is CNCc1cn(S(=O)(=O)c2cccc(C(F)(F)F)c2)c2cc(Nc3ccc(C)nc3Cl)ccc12. The molecule has 11 heteroatoms. The highest BCUT2D eigenvalue weighted by Crippen LogP contribution is 2.34. The van der Waals surface area contributed by atoms with E-state index in [1.54, 1.807) is 44.3 Å². The molecule has 34 heavy (non-hydrogen) atoms. The maximum Gasteiger partial charge on any atom is 0.416 e. The smallest absolute Gasteiger partial charge is 0.353 e. The number of anilines is 2. The summed E-state index contributed by atoms with van der Waals surface area (Å²) in [5.41, 5.74) is 1.75. The molecule has 4 rings (SSSR count). The van der Waals surface area contributed by atoms with Crippen molar-refractivity contribution in [3.8, 4) is 0 Å². The summed E-state index contributed by atoms with van der Waals surface area (Å²) in [5, 5.41) is 6.99. The summed E-state index contributed by atoms with van der Waals surface area (Å²) in [7, 11) is -2.61. The van der Waals surface area contributed by atoms with Gasteiger partial charge in [-0.25, -0.2) is 17.4 Å². The lowest BCUT2D eigenvalue weighted by Crippen LogP contribution is -2.14. The first-order valence-electron chi connectivity index (χ1n) is 10.1. The molecule has 2 heterocycles. The lowest BCUT2D eigenvalue weighted by molar-refractivity contribution is -0.137. The Morgan fingerprint density at radius 3 is 2.53 bits per heavy atom. The second-order valence-electron chi connectivity index (χ2n) is 7.66. The van der Waals surface area contributed by atoms with E-state index in [9.17, 15) is 21.6 Å². The van der Waals surface area contributed by atoms with E-state index < -0.39 is 26.7 Å². The van der Waals surface area contributed by atoms with Gasteiger partial charge in [-0.05, 0) is 62.0 Å². The summed E-state index contributed by atoms with van der Waals surface area (Å²) in [6, 6.07) is 12.3. The monoisotopic (exact) mass is 508 g/mol. The van der Waals surface area contributed by atoms with E-state index in [1.165, 1.54) is 6.20 Å². The molecule has 0 amide bonds. The first kappa shape index (κ1) is 24.1. The van der Waals surface area contributed by atoms with Crippen LogP contribution in [0.5, 0.6) is 0 Å². The molecule has 0 saturated heterocycles. The van der Waals surface area contributed by atoms with E-state index in [0.29, 0.717) is 40.5 Å². The Morgan fingerprint density at radius 1 is 1.09 bits per heavy atom. The van der Waals surface area contributed by atoms with Crippen molar-refractivity contribution in [1.82, 2.24) is 14.3 Å². The number of pyridine rings is 1. The Morgan fingerprint density at radius 2 is 1.85 bits per heavy atom. The molecule has 0 unspecified atom stereocenters. The number of alkyl halides is 3. The third-order valence-electron chi connectivity index (χ3n) is 5.21. The molecule has 0 fully saturated rings. The molecule has 0 aliphatic carbocycles. The Hall–Kier alpha value is -3.08. The molecular formula is C23H20ClF3N4O2S. The second kappa shape index (κ2) is 8.94. The van der Waals surface area contributed by atoms with E-state index in [1.807, 2.05) is 0 Å². The van der Waals surface area contributed by atoms with Gasteiger partial charge in [0.1, 0.15) is 0 Å². The van der Waals surface area contributed by atoms with Crippen LogP contribution in [-0.4, -0.2) is 24.4 Å². The van der Waals surface area contributed by atoms with Gasteiger partial charge in [0, 0.05) is 29.5 Å². The molecule has 0 atom stereocenters. The van der Waals surface area contributed by atoms with Crippen LogP contribution in [0.1, 0.15) is 16.8 Å². The normalized spacial score (nSPS) is 12.3. The number of hydrogen-bond donors (Lipinski definition) is 2. The van der Waals surface area contributed by atoms with Crippen LogP contribution in [0.2, 0.25) is 5.15 Å². The van der Waals surface area contributed by atoms with Gasteiger partial charge in [-0.15, -0.1) is 0 Å². The van der Waals surface area contributed by atoms with Gasteiger partial charge in [-0.1, -0.05) is 23.7 Å².